The van der Waals surface area contributed by atoms with E-state index >= 15 is 0 Å². The van der Waals surface area contributed by atoms with Gasteiger partial charge in [-0.1, -0.05) is 60.1 Å². The predicted octanol–water partition coefficient (Wildman–Crippen LogP) is 5.31. The van der Waals surface area contributed by atoms with Crippen molar-refractivity contribution in [3.63, 3.8) is 0 Å². The minimum Gasteiger partial charge on any atom is -0.264 e. The van der Waals surface area contributed by atoms with Crippen LogP contribution in [-0.4, -0.2) is 21.2 Å². The molecule has 0 atom stereocenters. The summed E-state index contributed by atoms with van der Waals surface area (Å²) in [5.41, 5.74) is 7.33. The van der Waals surface area contributed by atoms with Crippen molar-refractivity contribution in [2.45, 2.75) is 0 Å². The standard InChI is InChI=1S/C22H16ClN5/c23-19-10-8-18(9-11-19)21-13-20(17-6-2-1-3-7-17)26-22(27-21)28-25-15-16-5-4-12-24-14-16/h1-15H,(H,26,27,28). The van der Waals surface area contributed by atoms with E-state index in [1.54, 1.807) is 18.6 Å². The number of nitrogens with zero attached hydrogens (tertiary/aromatic N) is 4. The molecule has 1 N–H and O–H groups in total. The van der Waals surface area contributed by atoms with Gasteiger partial charge in [-0.2, -0.15) is 5.10 Å². The maximum atomic E-state index is 6.01. The van der Waals surface area contributed by atoms with Crippen LogP contribution in [0.2, 0.25) is 5.02 Å². The average molecular weight is 386 g/mol. The molecule has 0 radical (unpaired) electrons. The van der Waals surface area contributed by atoms with E-state index in [4.69, 9.17) is 11.6 Å². The van der Waals surface area contributed by atoms with E-state index in [1.807, 2.05) is 72.8 Å². The van der Waals surface area contributed by atoms with Crippen molar-refractivity contribution in [2.24, 2.45) is 5.10 Å². The zero-order valence-corrected chi connectivity index (χ0v) is 15.6. The van der Waals surface area contributed by atoms with Gasteiger partial charge in [0, 0.05) is 34.1 Å². The number of anilines is 1. The lowest BCUT2D eigenvalue weighted by molar-refractivity contribution is 1.12. The molecule has 0 amide bonds. The van der Waals surface area contributed by atoms with Crippen LogP contribution in [0.1, 0.15) is 5.56 Å². The van der Waals surface area contributed by atoms with E-state index in [-0.39, 0.29) is 0 Å². The minimum absolute atomic E-state index is 0.409. The molecule has 0 aliphatic heterocycles. The van der Waals surface area contributed by atoms with Gasteiger partial charge in [0.1, 0.15) is 0 Å². The summed E-state index contributed by atoms with van der Waals surface area (Å²) in [6, 6.07) is 23.2. The molecule has 0 bridgehead atoms. The van der Waals surface area contributed by atoms with Gasteiger partial charge >= 0.3 is 0 Å². The third kappa shape index (κ3) is 4.39. The molecular formula is C22H16ClN5. The Labute approximate surface area is 167 Å². The van der Waals surface area contributed by atoms with Crippen LogP contribution in [0.5, 0.6) is 0 Å². The fourth-order valence-corrected chi connectivity index (χ4v) is 2.77. The van der Waals surface area contributed by atoms with Crippen LogP contribution in [0.4, 0.5) is 5.95 Å². The molecule has 0 unspecified atom stereocenters. The number of hydrazone groups is 1. The van der Waals surface area contributed by atoms with Crippen molar-refractivity contribution in [2.75, 3.05) is 5.43 Å². The largest absolute Gasteiger partial charge is 0.264 e. The highest BCUT2D eigenvalue weighted by Gasteiger charge is 2.08. The highest BCUT2D eigenvalue weighted by atomic mass is 35.5. The number of hydrogen-bond donors (Lipinski definition) is 1. The Bertz CT molecular complexity index is 1080. The van der Waals surface area contributed by atoms with Crippen LogP contribution in [0.15, 0.2) is 90.3 Å². The summed E-state index contributed by atoms with van der Waals surface area (Å²) < 4.78 is 0. The molecule has 0 spiro atoms. The summed E-state index contributed by atoms with van der Waals surface area (Å²) in [6.45, 7) is 0. The molecular weight excluding hydrogens is 370 g/mol. The normalized spacial score (nSPS) is 10.9. The molecule has 0 aliphatic rings. The van der Waals surface area contributed by atoms with Crippen molar-refractivity contribution >= 4 is 23.8 Å². The number of rotatable bonds is 5. The maximum Gasteiger partial charge on any atom is 0.244 e. The first kappa shape index (κ1) is 17.8. The summed E-state index contributed by atoms with van der Waals surface area (Å²) in [4.78, 5) is 13.3. The second kappa shape index (κ2) is 8.41. The van der Waals surface area contributed by atoms with Crippen molar-refractivity contribution < 1.29 is 0 Å². The molecule has 0 aliphatic carbocycles. The van der Waals surface area contributed by atoms with Gasteiger partial charge < -0.3 is 0 Å². The Kier molecular flexibility index (Phi) is 5.36. The van der Waals surface area contributed by atoms with Crippen LogP contribution < -0.4 is 5.43 Å². The molecule has 136 valence electrons. The molecule has 2 aromatic heterocycles. The number of halogens is 1. The highest BCUT2D eigenvalue weighted by molar-refractivity contribution is 6.30. The van der Waals surface area contributed by atoms with Gasteiger partial charge in [0.2, 0.25) is 5.95 Å². The Hall–Kier alpha value is -3.57. The minimum atomic E-state index is 0.409. The zero-order valence-electron chi connectivity index (χ0n) is 14.8. The number of aromatic nitrogens is 3. The molecule has 28 heavy (non-hydrogen) atoms. The smallest absolute Gasteiger partial charge is 0.244 e. The van der Waals surface area contributed by atoms with E-state index in [2.05, 4.69) is 25.5 Å². The number of benzene rings is 2. The van der Waals surface area contributed by atoms with Gasteiger partial charge in [0.05, 0.1) is 17.6 Å². The molecule has 4 aromatic rings. The Balaban J connectivity index is 1.69. The lowest BCUT2D eigenvalue weighted by Crippen LogP contribution is -2.00. The number of nitrogens with one attached hydrogen (secondary N) is 1. The van der Waals surface area contributed by atoms with Crippen molar-refractivity contribution in [1.82, 2.24) is 15.0 Å². The van der Waals surface area contributed by atoms with Gasteiger partial charge in [0.25, 0.3) is 0 Å². The molecule has 0 saturated carbocycles. The molecule has 4 rings (SSSR count). The fraction of sp³-hybridized carbons (Fsp3) is 0. The van der Waals surface area contributed by atoms with Crippen LogP contribution in [0.3, 0.4) is 0 Å². The van der Waals surface area contributed by atoms with Gasteiger partial charge in [-0.3, -0.25) is 4.98 Å². The third-order valence-electron chi connectivity index (χ3n) is 4.00. The first-order valence-corrected chi connectivity index (χ1v) is 9.05. The molecule has 5 nitrogen and oxygen atoms in total. The molecule has 0 fully saturated rings. The lowest BCUT2D eigenvalue weighted by Gasteiger charge is -2.08. The predicted molar refractivity (Wildman–Crippen MR) is 113 cm³/mol. The second-order valence-corrected chi connectivity index (χ2v) is 6.43. The molecule has 0 saturated heterocycles. The average Bonchev–Trinajstić information content (AvgIpc) is 2.75. The van der Waals surface area contributed by atoms with Gasteiger partial charge in [-0.05, 0) is 24.3 Å². The monoisotopic (exact) mass is 385 g/mol. The Morgan fingerprint density at radius 2 is 1.54 bits per heavy atom. The lowest BCUT2D eigenvalue weighted by atomic mass is 10.1. The van der Waals surface area contributed by atoms with Crippen LogP contribution in [-0.2, 0) is 0 Å². The van der Waals surface area contributed by atoms with E-state index in [0.29, 0.717) is 11.0 Å². The third-order valence-corrected chi connectivity index (χ3v) is 4.25. The van der Waals surface area contributed by atoms with Gasteiger partial charge in [-0.25, -0.2) is 15.4 Å². The summed E-state index contributed by atoms with van der Waals surface area (Å²) in [5.74, 6) is 0.409. The van der Waals surface area contributed by atoms with Crippen molar-refractivity contribution in [1.29, 1.82) is 0 Å². The first-order chi connectivity index (χ1) is 13.8. The van der Waals surface area contributed by atoms with Crippen LogP contribution in [0, 0.1) is 0 Å². The summed E-state index contributed by atoms with van der Waals surface area (Å²) in [5, 5.41) is 4.92. The number of hydrogen-bond acceptors (Lipinski definition) is 5. The molecule has 2 aromatic carbocycles. The first-order valence-electron chi connectivity index (χ1n) is 8.67. The van der Waals surface area contributed by atoms with Crippen LogP contribution in [0.25, 0.3) is 22.5 Å². The number of pyridine rings is 1. The van der Waals surface area contributed by atoms with Gasteiger partial charge in [-0.15, -0.1) is 0 Å². The van der Waals surface area contributed by atoms with E-state index < -0.39 is 0 Å². The van der Waals surface area contributed by atoms with Gasteiger partial charge in [0.15, 0.2) is 0 Å². The summed E-state index contributed by atoms with van der Waals surface area (Å²) >= 11 is 6.01. The van der Waals surface area contributed by atoms with E-state index in [0.717, 1.165) is 28.1 Å². The maximum absolute atomic E-state index is 6.01. The van der Waals surface area contributed by atoms with E-state index in [9.17, 15) is 0 Å². The summed E-state index contributed by atoms with van der Waals surface area (Å²) in [7, 11) is 0. The highest BCUT2D eigenvalue weighted by Crippen LogP contribution is 2.26. The Morgan fingerprint density at radius 3 is 2.21 bits per heavy atom. The SMILES string of the molecule is Clc1ccc(-c2cc(-c3ccccc3)nc(NN=Cc3cccnc3)n2)cc1. The van der Waals surface area contributed by atoms with Crippen molar-refractivity contribution in [3.05, 3.63) is 95.8 Å². The fourth-order valence-electron chi connectivity index (χ4n) is 2.64. The zero-order chi connectivity index (χ0) is 19.2. The molecule has 6 heteroatoms. The van der Waals surface area contributed by atoms with Crippen LogP contribution >= 0.6 is 11.6 Å². The quantitative estimate of drug-likeness (QED) is 0.373. The Morgan fingerprint density at radius 1 is 0.821 bits per heavy atom. The molecule has 2 heterocycles. The second-order valence-electron chi connectivity index (χ2n) is 5.99. The topological polar surface area (TPSA) is 63.1 Å². The summed E-state index contributed by atoms with van der Waals surface area (Å²) in [6.07, 6.45) is 5.12. The van der Waals surface area contributed by atoms with E-state index in [1.165, 1.54) is 0 Å². The van der Waals surface area contributed by atoms with Crippen molar-refractivity contribution in [3.8, 4) is 22.5 Å².